The third kappa shape index (κ3) is 1.56. The van der Waals surface area contributed by atoms with Gasteiger partial charge in [-0.15, -0.1) is 0 Å². The minimum Gasteiger partial charge on any atom is -0.339 e. The second-order valence-corrected chi connectivity index (χ2v) is 3.49. The lowest BCUT2D eigenvalue weighted by Crippen LogP contribution is -1.86. The molecule has 0 aliphatic rings. The fraction of sp³-hybridized carbons (Fsp3) is 0. The van der Waals surface area contributed by atoms with Gasteiger partial charge in [-0.3, -0.25) is 0 Å². The Morgan fingerprint density at radius 1 is 1.21 bits per heavy atom. The molecular formula is C9H5Cl2NO2. The third-order valence-electron chi connectivity index (χ3n) is 1.76. The molecule has 2 rings (SSSR count). The molecule has 1 N–H and O–H groups in total. The molecule has 1 heterocycles. The number of aromatic amines is 1. The number of hydrogen-bond donors (Lipinski definition) is 1. The van der Waals surface area contributed by atoms with Gasteiger partial charge in [0.1, 0.15) is 0 Å². The van der Waals surface area contributed by atoms with Crippen LogP contribution in [0.2, 0.25) is 10.0 Å². The summed E-state index contributed by atoms with van der Waals surface area (Å²) < 4.78 is 4.53. The molecule has 2 aromatic rings. The molecule has 72 valence electrons. The minimum absolute atomic E-state index is 0.462. The van der Waals surface area contributed by atoms with Gasteiger partial charge in [-0.25, -0.2) is 9.95 Å². The van der Waals surface area contributed by atoms with Gasteiger partial charge < -0.3 is 4.52 Å². The summed E-state index contributed by atoms with van der Waals surface area (Å²) in [6.45, 7) is 0. The number of H-pyrrole nitrogens is 1. The quantitative estimate of drug-likeness (QED) is 0.818. The molecule has 0 spiro atoms. The first kappa shape index (κ1) is 9.37. The molecule has 5 heteroatoms. The Kier molecular flexibility index (Phi) is 2.35. The lowest BCUT2D eigenvalue weighted by molar-refractivity contribution is 0.394. The van der Waals surface area contributed by atoms with Crippen LogP contribution in [0, 0.1) is 0 Å². The molecule has 0 fully saturated rings. The van der Waals surface area contributed by atoms with Gasteiger partial charge in [-0.05, 0) is 12.1 Å². The molecular weight excluding hydrogens is 225 g/mol. The standard InChI is InChI=1S/C9H5Cl2NO2/c10-5-2-1-3-6(11)9(5)7-4-8(13)14-12-7/h1-4,12H. The molecule has 0 saturated heterocycles. The van der Waals surface area contributed by atoms with E-state index in [0.29, 0.717) is 21.3 Å². The molecule has 0 aliphatic heterocycles. The Bertz CT molecular complexity index is 495. The second-order valence-electron chi connectivity index (χ2n) is 2.68. The zero-order valence-electron chi connectivity index (χ0n) is 6.88. The summed E-state index contributed by atoms with van der Waals surface area (Å²) in [5.74, 6) is 0. The lowest BCUT2D eigenvalue weighted by Gasteiger charge is -2.02. The average molecular weight is 230 g/mol. The highest BCUT2D eigenvalue weighted by Gasteiger charge is 2.10. The zero-order chi connectivity index (χ0) is 10.1. The van der Waals surface area contributed by atoms with E-state index in [0.717, 1.165) is 0 Å². The van der Waals surface area contributed by atoms with Crippen molar-refractivity contribution in [3.05, 3.63) is 44.7 Å². The average Bonchev–Trinajstić information content (AvgIpc) is 2.51. The van der Waals surface area contributed by atoms with Crippen molar-refractivity contribution < 1.29 is 4.52 Å². The molecule has 1 aromatic heterocycles. The van der Waals surface area contributed by atoms with Crippen molar-refractivity contribution in [2.45, 2.75) is 0 Å². The highest BCUT2D eigenvalue weighted by atomic mass is 35.5. The van der Waals surface area contributed by atoms with Crippen LogP contribution in [0.3, 0.4) is 0 Å². The van der Waals surface area contributed by atoms with Crippen molar-refractivity contribution in [3.8, 4) is 11.3 Å². The van der Waals surface area contributed by atoms with E-state index in [4.69, 9.17) is 23.2 Å². The maximum absolute atomic E-state index is 10.8. The van der Waals surface area contributed by atoms with Crippen LogP contribution in [0.5, 0.6) is 0 Å². The van der Waals surface area contributed by atoms with Crippen LogP contribution in [0.4, 0.5) is 0 Å². The van der Waals surface area contributed by atoms with E-state index >= 15 is 0 Å². The Morgan fingerprint density at radius 2 is 1.86 bits per heavy atom. The van der Waals surface area contributed by atoms with Crippen LogP contribution in [0.25, 0.3) is 11.3 Å². The van der Waals surface area contributed by atoms with Gasteiger partial charge in [-0.2, -0.15) is 0 Å². The Hall–Kier alpha value is -1.19. The predicted molar refractivity (Wildman–Crippen MR) is 54.8 cm³/mol. The van der Waals surface area contributed by atoms with Crippen LogP contribution in [0.1, 0.15) is 0 Å². The van der Waals surface area contributed by atoms with E-state index in [9.17, 15) is 4.79 Å². The van der Waals surface area contributed by atoms with Gasteiger partial charge in [0.05, 0.1) is 21.8 Å². The molecule has 1 aromatic carbocycles. The number of nitrogens with one attached hydrogen (secondary N) is 1. The summed E-state index contributed by atoms with van der Waals surface area (Å²) in [6.07, 6.45) is 0. The lowest BCUT2D eigenvalue weighted by atomic mass is 10.1. The Balaban J connectivity index is 2.67. The number of halogens is 2. The summed E-state index contributed by atoms with van der Waals surface area (Å²) in [4.78, 5) is 10.8. The first-order valence-electron chi connectivity index (χ1n) is 3.81. The maximum Gasteiger partial charge on any atom is 0.357 e. The largest absolute Gasteiger partial charge is 0.357 e. The topological polar surface area (TPSA) is 46.0 Å². The monoisotopic (exact) mass is 229 g/mol. The maximum atomic E-state index is 10.8. The second kappa shape index (κ2) is 3.52. The van der Waals surface area contributed by atoms with E-state index < -0.39 is 5.63 Å². The fourth-order valence-electron chi connectivity index (χ4n) is 1.16. The molecule has 0 bridgehead atoms. The SMILES string of the molecule is O=c1cc(-c2c(Cl)cccc2Cl)[nH]o1. The molecule has 0 amide bonds. The van der Waals surface area contributed by atoms with E-state index in [1.54, 1.807) is 18.2 Å². The minimum atomic E-state index is -0.462. The van der Waals surface area contributed by atoms with Crippen LogP contribution in [0.15, 0.2) is 33.6 Å². The molecule has 0 radical (unpaired) electrons. The summed E-state index contributed by atoms with van der Waals surface area (Å²) in [7, 11) is 0. The van der Waals surface area contributed by atoms with Crippen molar-refractivity contribution in [2.75, 3.05) is 0 Å². The van der Waals surface area contributed by atoms with Crippen molar-refractivity contribution in [3.63, 3.8) is 0 Å². The molecule has 14 heavy (non-hydrogen) atoms. The summed E-state index contributed by atoms with van der Waals surface area (Å²) in [5.41, 5.74) is 0.586. The number of aromatic nitrogens is 1. The first-order valence-corrected chi connectivity index (χ1v) is 4.57. The molecule has 0 saturated carbocycles. The zero-order valence-corrected chi connectivity index (χ0v) is 8.39. The fourth-order valence-corrected chi connectivity index (χ4v) is 1.76. The van der Waals surface area contributed by atoms with Crippen molar-refractivity contribution in [2.24, 2.45) is 0 Å². The third-order valence-corrected chi connectivity index (χ3v) is 2.39. The van der Waals surface area contributed by atoms with E-state index in [2.05, 4.69) is 9.68 Å². The van der Waals surface area contributed by atoms with Crippen LogP contribution in [-0.2, 0) is 0 Å². The Morgan fingerprint density at radius 3 is 2.36 bits per heavy atom. The number of hydrogen-bond acceptors (Lipinski definition) is 2. The van der Waals surface area contributed by atoms with Gasteiger partial charge in [0.2, 0.25) is 0 Å². The summed E-state index contributed by atoms with van der Waals surface area (Å²) >= 11 is 11.9. The van der Waals surface area contributed by atoms with Gasteiger partial charge in [0, 0.05) is 5.56 Å². The van der Waals surface area contributed by atoms with Crippen molar-refractivity contribution in [1.29, 1.82) is 0 Å². The molecule has 0 atom stereocenters. The van der Waals surface area contributed by atoms with Crippen LogP contribution in [-0.4, -0.2) is 5.16 Å². The van der Waals surface area contributed by atoms with Gasteiger partial charge in [0.25, 0.3) is 0 Å². The van der Waals surface area contributed by atoms with Crippen LogP contribution >= 0.6 is 23.2 Å². The van der Waals surface area contributed by atoms with Crippen molar-refractivity contribution >= 4 is 23.2 Å². The molecule has 0 unspecified atom stereocenters. The highest BCUT2D eigenvalue weighted by Crippen LogP contribution is 2.32. The predicted octanol–water partition coefficient (Wildman–Crippen LogP) is 2.94. The number of rotatable bonds is 1. The molecule has 0 aliphatic carbocycles. The van der Waals surface area contributed by atoms with Crippen molar-refractivity contribution in [1.82, 2.24) is 5.16 Å². The van der Waals surface area contributed by atoms with Gasteiger partial charge in [0.15, 0.2) is 0 Å². The Labute approximate surface area is 89.2 Å². The molecule has 3 nitrogen and oxygen atoms in total. The highest BCUT2D eigenvalue weighted by molar-refractivity contribution is 6.39. The summed E-state index contributed by atoms with van der Waals surface area (Å²) in [6, 6.07) is 6.40. The van der Waals surface area contributed by atoms with E-state index in [1.165, 1.54) is 6.07 Å². The number of benzene rings is 1. The van der Waals surface area contributed by atoms with Gasteiger partial charge in [-0.1, -0.05) is 29.3 Å². The van der Waals surface area contributed by atoms with Gasteiger partial charge >= 0.3 is 5.63 Å². The first-order chi connectivity index (χ1) is 6.68. The van der Waals surface area contributed by atoms with Crippen LogP contribution < -0.4 is 5.63 Å². The summed E-state index contributed by atoms with van der Waals surface area (Å²) in [5, 5.41) is 3.38. The smallest absolute Gasteiger partial charge is 0.339 e. The van der Waals surface area contributed by atoms with E-state index in [1.807, 2.05) is 0 Å². The normalized spacial score (nSPS) is 10.4. The van der Waals surface area contributed by atoms with E-state index in [-0.39, 0.29) is 0 Å².